The van der Waals surface area contributed by atoms with Gasteiger partial charge in [-0.2, -0.15) is 0 Å². The van der Waals surface area contributed by atoms with Crippen LogP contribution in [0, 0.1) is 0 Å². The molecule has 2 rings (SSSR count). The number of carboxylic acids is 1. The first-order valence-electron chi connectivity index (χ1n) is 6.60. The minimum atomic E-state index is -0.791. The molecule has 2 fully saturated rings. The monoisotopic (exact) mass is 238 g/mol. The highest BCUT2D eigenvalue weighted by molar-refractivity contribution is 5.86. The summed E-state index contributed by atoms with van der Waals surface area (Å²) in [5.74, 6) is -0.791. The van der Waals surface area contributed by atoms with E-state index < -0.39 is 5.97 Å². The number of nitrogens with one attached hydrogen (secondary N) is 1. The van der Waals surface area contributed by atoms with Crippen LogP contribution in [0.25, 0.3) is 0 Å². The molecule has 1 aliphatic heterocycles. The molecule has 0 aromatic heterocycles. The highest BCUT2D eigenvalue weighted by Gasteiger charge is 2.33. The first kappa shape index (κ1) is 12.6. The van der Waals surface area contributed by atoms with E-state index in [0.29, 0.717) is 24.6 Å². The summed E-state index contributed by atoms with van der Waals surface area (Å²) >= 11 is 0. The third-order valence-corrected chi connectivity index (χ3v) is 3.69. The van der Waals surface area contributed by atoms with Gasteiger partial charge >= 0.3 is 5.97 Å². The lowest BCUT2D eigenvalue weighted by Gasteiger charge is -2.15. The van der Waals surface area contributed by atoms with E-state index in [4.69, 9.17) is 5.11 Å². The molecule has 4 heteroatoms. The molecule has 0 spiro atoms. The summed E-state index contributed by atoms with van der Waals surface area (Å²) < 4.78 is 0. The number of hydrogen-bond donors (Lipinski definition) is 2. The number of hydrogen-bond acceptors (Lipinski definition) is 3. The summed E-state index contributed by atoms with van der Waals surface area (Å²) in [4.78, 5) is 13.4. The number of carboxylic acid groups (broad SMARTS) is 1. The zero-order chi connectivity index (χ0) is 12.3. The summed E-state index contributed by atoms with van der Waals surface area (Å²) in [6.07, 6.45) is 6.33. The van der Waals surface area contributed by atoms with Crippen molar-refractivity contribution in [2.75, 3.05) is 19.6 Å². The van der Waals surface area contributed by atoms with Gasteiger partial charge in [-0.3, -0.25) is 4.90 Å². The highest BCUT2D eigenvalue weighted by atomic mass is 16.4. The van der Waals surface area contributed by atoms with Gasteiger partial charge in [-0.1, -0.05) is 13.0 Å². The van der Waals surface area contributed by atoms with Crippen LogP contribution in [0.4, 0.5) is 0 Å². The fourth-order valence-corrected chi connectivity index (χ4v) is 2.46. The van der Waals surface area contributed by atoms with Crippen molar-refractivity contribution < 1.29 is 9.90 Å². The standard InChI is InChI=1S/C13H22N2O2/c1-2-10(13(16)17)5-7-14-11-6-8-15(9-11)12-3-4-12/h5,11-12,14H,2-4,6-9H2,1H3,(H,16,17). The predicted octanol–water partition coefficient (Wildman–Crippen LogP) is 1.23. The van der Waals surface area contributed by atoms with E-state index >= 15 is 0 Å². The van der Waals surface area contributed by atoms with Crippen LogP contribution in [0.3, 0.4) is 0 Å². The zero-order valence-corrected chi connectivity index (χ0v) is 10.5. The maximum Gasteiger partial charge on any atom is 0.331 e. The van der Waals surface area contributed by atoms with E-state index in [1.165, 1.54) is 25.8 Å². The van der Waals surface area contributed by atoms with Crippen molar-refractivity contribution in [3.05, 3.63) is 11.6 Å². The minimum Gasteiger partial charge on any atom is -0.478 e. The van der Waals surface area contributed by atoms with E-state index in [1.807, 2.05) is 13.0 Å². The Morgan fingerprint density at radius 2 is 2.24 bits per heavy atom. The smallest absolute Gasteiger partial charge is 0.331 e. The quantitative estimate of drug-likeness (QED) is 0.683. The van der Waals surface area contributed by atoms with E-state index in [9.17, 15) is 4.79 Å². The molecule has 4 nitrogen and oxygen atoms in total. The van der Waals surface area contributed by atoms with Gasteiger partial charge in [0.05, 0.1) is 0 Å². The average molecular weight is 238 g/mol. The summed E-state index contributed by atoms with van der Waals surface area (Å²) in [5, 5.41) is 12.3. The summed E-state index contributed by atoms with van der Waals surface area (Å²) in [5.41, 5.74) is 0.509. The van der Waals surface area contributed by atoms with Crippen molar-refractivity contribution in [2.45, 2.75) is 44.7 Å². The van der Waals surface area contributed by atoms with E-state index in [2.05, 4.69) is 10.2 Å². The fourth-order valence-electron chi connectivity index (χ4n) is 2.46. The Hall–Kier alpha value is -0.870. The second-order valence-electron chi connectivity index (χ2n) is 5.01. The van der Waals surface area contributed by atoms with Crippen LogP contribution in [0.5, 0.6) is 0 Å². The van der Waals surface area contributed by atoms with Gasteiger partial charge < -0.3 is 10.4 Å². The van der Waals surface area contributed by atoms with Crippen LogP contribution >= 0.6 is 0 Å². The van der Waals surface area contributed by atoms with E-state index in [-0.39, 0.29) is 0 Å². The maximum atomic E-state index is 10.8. The molecule has 96 valence electrons. The first-order chi connectivity index (χ1) is 8.20. The molecule has 1 saturated heterocycles. The summed E-state index contributed by atoms with van der Waals surface area (Å²) in [7, 11) is 0. The molecular weight excluding hydrogens is 216 g/mol. The van der Waals surface area contributed by atoms with Crippen LogP contribution in [0.15, 0.2) is 11.6 Å². The van der Waals surface area contributed by atoms with Gasteiger partial charge in [-0.25, -0.2) is 4.79 Å². The molecule has 0 aromatic carbocycles. The second-order valence-corrected chi connectivity index (χ2v) is 5.01. The van der Waals surface area contributed by atoms with E-state index in [0.717, 1.165) is 12.6 Å². The second kappa shape index (κ2) is 5.65. The Kier molecular flexibility index (Phi) is 4.18. The molecule has 0 bridgehead atoms. The largest absolute Gasteiger partial charge is 0.478 e. The van der Waals surface area contributed by atoms with Crippen LogP contribution < -0.4 is 5.32 Å². The Morgan fingerprint density at radius 3 is 2.82 bits per heavy atom. The molecule has 1 saturated carbocycles. The number of likely N-dealkylation sites (tertiary alicyclic amines) is 1. The molecule has 0 aromatic rings. The third-order valence-electron chi connectivity index (χ3n) is 3.69. The summed E-state index contributed by atoms with van der Waals surface area (Å²) in [6, 6.07) is 1.39. The number of rotatable bonds is 6. The van der Waals surface area contributed by atoms with Gasteiger partial charge in [0, 0.05) is 37.3 Å². The molecule has 1 aliphatic carbocycles. The van der Waals surface area contributed by atoms with Crippen molar-refractivity contribution in [3.63, 3.8) is 0 Å². The van der Waals surface area contributed by atoms with Crippen LogP contribution in [-0.2, 0) is 4.79 Å². The van der Waals surface area contributed by atoms with Crippen LogP contribution in [-0.4, -0.2) is 47.7 Å². The SMILES string of the molecule is CCC(=CCNC1CCN(C2CC2)C1)C(=O)O. The van der Waals surface area contributed by atoms with Gasteiger partial charge in [-0.05, 0) is 25.7 Å². The normalized spacial score (nSPS) is 26.4. The molecule has 17 heavy (non-hydrogen) atoms. The first-order valence-corrected chi connectivity index (χ1v) is 6.60. The third kappa shape index (κ3) is 3.54. The number of carbonyl (C=O) groups is 1. The predicted molar refractivity (Wildman–Crippen MR) is 67.0 cm³/mol. The van der Waals surface area contributed by atoms with Crippen molar-refractivity contribution in [3.8, 4) is 0 Å². The molecule has 2 aliphatic rings. The number of nitrogens with zero attached hydrogens (tertiary/aromatic N) is 1. The van der Waals surface area contributed by atoms with Crippen molar-refractivity contribution in [1.29, 1.82) is 0 Å². The topological polar surface area (TPSA) is 52.6 Å². The van der Waals surface area contributed by atoms with Gasteiger partial charge in [0.25, 0.3) is 0 Å². The molecule has 2 N–H and O–H groups in total. The molecule has 1 unspecified atom stereocenters. The van der Waals surface area contributed by atoms with Gasteiger partial charge in [0.1, 0.15) is 0 Å². The lowest BCUT2D eigenvalue weighted by Crippen LogP contribution is -2.33. The Morgan fingerprint density at radius 1 is 1.47 bits per heavy atom. The van der Waals surface area contributed by atoms with Crippen molar-refractivity contribution in [1.82, 2.24) is 10.2 Å². The fraction of sp³-hybridized carbons (Fsp3) is 0.769. The highest BCUT2D eigenvalue weighted by Crippen LogP contribution is 2.29. The zero-order valence-electron chi connectivity index (χ0n) is 10.5. The minimum absolute atomic E-state index is 0.509. The average Bonchev–Trinajstić information content (AvgIpc) is 3.05. The van der Waals surface area contributed by atoms with Crippen molar-refractivity contribution >= 4 is 5.97 Å². The lowest BCUT2D eigenvalue weighted by atomic mass is 10.2. The van der Waals surface area contributed by atoms with Crippen LogP contribution in [0.1, 0.15) is 32.6 Å². The number of aliphatic carboxylic acids is 1. The molecule has 1 heterocycles. The Labute approximate surface area is 103 Å². The molecular formula is C13H22N2O2. The Bertz CT molecular complexity index is 311. The van der Waals surface area contributed by atoms with Gasteiger partial charge in [0.15, 0.2) is 0 Å². The summed E-state index contributed by atoms with van der Waals surface area (Å²) in [6.45, 7) is 4.89. The van der Waals surface area contributed by atoms with Crippen LogP contribution in [0.2, 0.25) is 0 Å². The lowest BCUT2D eigenvalue weighted by molar-refractivity contribution is -0.132. The molecule has 1 atom stereocenters. The van der Waals surface area contributed by atoms with Crippen molar-refractivity contribution in [2.24, 2.45) is 0 Å². The van der Waals surface area contributed by atoms with Gasteiger partial charge in [-0.15, -0.1) is 0 Å². The van der Waals surface area contributed by atoms with E-state index in [1.54, 1.807) is 0 Å². The molecule has 0 amide bonds. The maximum absolute atomic E-state index is 10.8. The van der Waals surface area contributed by atoms with Gasteiger partial charge in [0.2, 0.25) is 0 Å². The Balaban J connectivity index is 1.70. The molecule has 0 radical (unpaired) electrons.